The van der Waals surface area contributed by atoms with Crippen molar-refractivity contribution in [2.45, 2.75) is 39.0 Å². The highest BCUT2D eigenvalue weighted by molar-refractivity contribution is 4.85. The van der Waals surface area contributed by atoms with Crippen molar-refractivity contribution in [2.75, 3.05) is 45.9 Å². The Balaban J connectivity index is 1.58. The van der Waals surface area contributed by atoms with E-state index in [0.717, 1.165) is 32.8 Å². The molecule has 17 heavy (non-hydrogen) atoms. The number of morpholine rings is 1. The number of hydrogen-bond donors (Lipinski definition) is 1. The molecule has 2 fully saturated rings. The predicted molar refractivity (Wildman–Crippen MR) is 71.3 cm³/mol. The summed E-state index contributed by atoms with van der Waals surface area (Å²) in [7, 11) is 0. The number of ether oxygens (including phenoxy) is 1. The van der Waals surface area contributed by atoms with E-state index in [-0.39, 0.29) is 0 Å². The monoisotopic (exact) mass is 240 g/mol. The fraction of sp³-hybridized carbons (Fsp3) is 1.00. The van der Waals surface area contributed by atoms with E-state index in [1.807, 2.05) is 0 Å². The highest BCUT2D eigenvalue weighted by Crippen LogP contribution is 2.40. The van der Waals surface area contributed by atoms with Gasteiger partial charge in [-0.05, 0) is 24.7 Å². The summed E-state index contributed by atoms with van der Waals surface area (Å²) < 4.78 is 5.36. The van der Waals surface area contributed by atoms with Crippen molar-refractivity contribution in [1.82, 2.24) is 10.2 Å². The van der Waals surface area contributed by atoms with Gasteiger partial charge in [0, 0.05) is 32.7 Å². The third-order valence-corrected chi connectivity index (χ3v) is 4.62. The maximum Gasteiger partial charge on any atom is 0.0594 e. The van der Waals surface area contributed by atoms with Crippen LogP contribution in [0.15, 0.2) is 0 Å². The molecule has 1 heterocycles. The lowest BCUT2D eigenvalue weighted by Crippen LogP contribution is -2.42. The minimum atomic E-state index is 0.630. The van der Waals surface area contributed by atoms with E-state index >= 15 is 0 Å². The molecule has 3 heteroatoms. The molecule has 2 rings (SSSR count). The second-order valence-corrected chi connectivity index (χ2v) is 5.69. The van der Waals surface area contributed by atoms with Gasteiger partial charge < -0.3 is 10.1 Å². The van der Waals surface area contributed by atoms with Gasteiger partial charge in [0.25, 0.3) is 0 Å². The van der Waals surface area contributed by atoms with Crippen LogP contribution >= 0.6 is 0 Å². The third kappa shape index (κ3) is 3.94. The molecule has 1 aliphatic heterocycles. The van der Waals surface area contributed by atoms with Gasteiger partial charge in [0.2, 0.25) is 0 Å². The van der Waals surface area contributed by atoms with Gasteiger partial charge in [-0.3, -0.25) is 4.90 Å². The molecule has 0 atom stereocenters. The number of nitrogens with zero attached hydrogens (tertiary/aromatic N) is 1. The van der Waals surface area contributed by atoms with E-state index in [0.29, 0.717) is 5.41 Å². The zero-order chi connectivity index (χ0) is 12.0. The van der Waals surface area contributed by atoms with Gasteiger partial charge in [0.1, 0.15) is 0 Å². The molecule has 0 aromatic rings. The molecular formula is C14H28N2O. The van der Waals surface area contributed by atoms with E-state index in [4.69, 9.17) is 4.74 Å². The van der Waals surface area contributed by atoms with Gasteiger partial charge in [-0.25, -0.2) is 0 Å². The van der Waals surface area contributed by atoms with E-state index in [9.17, 15) is 0 Å². The number of nitrogens with one attached hydrogen (secondary N) is 1. The lowest BCUT2D eigenvalue weighted by atomic mass is 9.83. The first-order valence-corrected chi connectivity index (χ1v) is 7.35. The minimum absolute atomic E-state index is 0.630. The molecule has 0 aromatic carbocycles. The Morgan fingerprint density at radius 2 is 1.88 bits per heavy atom. The topological polar surface area (TPSA) is 24.5 Å². The zero-order valence-corrected chi connectivity index (χ0v) is 11.3. The van der Waals surface area contributed by atoms with Gasteiger partial charge in [-0.1, -0.05) is 19.8 Å². The summed E-state index contributed by atoms with van der Waals surface area (Å²) in [4.78, 5) is 2.50. The fourth-order valence-electron chi connectivity index (χ4n) is 3.20. The Hall–Kier alpha value is -0.120. The molecular weight excluding hydrogens is 212 g/mol. The second-order valence-electron chi connectivity index (χ2n) is 5.69. The van der Waals surface area contributed by atoms with Crippen LogP contribution < -0.4 is 5.32 Å². The smallest absolute Gasteiger partial charge is 0.0594 e. The van der Waals surface area contributed by atoms with Crippen molar-refractivity contribution in [3.63, 3.8) is 0 Å². The molecule has 0 amide bonds. The Bertz CT molecular complexity index is 208. The van der Waals surface area contributed by atoms with Crippen molar-refractivity contribution in [2.24, 2.45) is 5.41 Å². The Morgan fingerprint density at radius 3 is 2.53 bits per heavy atom. The van der Waals surface area contributed by atoms with Crippen LogP contribution in [-0.4, -0.2) is 50.8 Å². The fourth-order valence-corrected chi connectivity index (χ4v) is 3.20. The van der Waals surface area contributed by atoms with Crippen LogP contribution in [0, 0.1) is 5.41 Å². The van der Waals surface area contributed by atoms with Crippen molar-refractivity contribution in [3.05, 3.63) is 0 Å². The molecule has 1 saturated heterocycles. The van der Waals surface area contributed by atoms with Crippen LogP contribution in [-0.2, 0) is 4.74 Å². The van der Waals surface area contributed by atoms with Gasteiger partial charge in [-0.2, -0.15) is 0 Å². The normalized spacial score (nSPS) is 25.2. The molecule has 100 valence electrons. The number of hydrogen-bond acceptors (Lipinski definition) is 3. The van der Waals surface area contributed by atoms with Crippen molar-refractivity contribution in [1.29, 1.82) is 0 Å². The van der Waals surface area contributed by atoms with Crippen molar-refractivity contribution >= 4 is 0 Å². The molecule has 0 spiro atoms. The molecule has 0 aromatic heterocycles. The van der Waals surface area contributed by atoms with Gasteiger partial charge in [0.05, 0.1) is 13.2 Å². The predicted octanol–water partition coefficient (Wildman–Crippen LogP) is 1.88. The van der Waals surface area contributed by atoms with Crippen molar-refractivity contribution < 1.29 is 4.74 Å². The SMILES string of the molecule is CCC1(CNCCN2CCOCC2)CCCC1. The largest absolute Gasteiger partial charge is 0.379 e. The van der Waals surface area contributed by atoms with Crippen LogP contribution in [0.1, 0.15) is 39.0 Å². The second kappa shape index (κ2) is 6.72. The molecule has 0 unspecified atom stereocenters. The average molecular weight is 240 g/mol. The summed E-state index contributed by atoms with van der Waals surface area (Å²) in [5.41, 5.74) is 0.630. The van der Waals surface area contributed by atoms with E-state index in [1.165, 1.54) is 45.2 Å². The van der Waals surface area contributed by atoms with E-state index < -0.39 is 0 Å². The van der Waals surface area contributed by atoms with Crippen LogP contribution in [0.2, 0.25) is 0 Å². The molecule has 0 radical (unpaired) electrons. The lowest BCUT2D eigenvalue weighted by molar-refractivity contribution is 0.0381. The first-order valence-electron chi connectivity index (χ1n) is 7.35. The van der Waals surface area contributed by atoms with E-state index in [1.54, 1.807) is 0 Å². The van der Waals surface area contributed by atoms with Gasteiger partial charge in [0.15, 0.2) is 0 Å². The zero-order valence-electron chi connectivity index (χ0n) is 11.3. The highest BCUT2D eigenvalue weighted by Gasteiger charge is 2.31. The molecule has 1 saturated carbocycles. The maximum absolute atomic E-state index is 5.36. The Morgan fingerprint density at radius 1 is 1.18 bits per heavy atom. The molecule has 1 aliphatic carbocycles. The van der Waals surface area contributed by atoms with Crippen molar-refractivity contribution in [3.8, 4) is 0 Å². The summed E-state index contributed by atoms with van der Waals surface area (Å²) in [6.07, 6.45) is 7.11. The first kappa shape index (κ1) is 13.3. The Kier molecular flexibility index (Phi) is 5.26. The average Bonchev–Trinajstić information content (AvgIpc) is 2.85. The third-order valence-electron chi connectivity index (χ3n) is 4.62. The van der Waals surface area contributed by atoms with Gasteiger partial charge >= 0.3 is 0 Å². The van der Waals surface area contributed by atoms with Gasteiger partial charge in [-0.15, -0.1) is 0 Å². The first-order chi connectivity index (χ1) is 8.35. The lowest BCUT2D eigenvalue weighted by Gasteiger charge is -2.30. The number of rotatable bonds is 6. The standard InChI is InChI=1S/C14H28N2O/c1-2-14(5-3-4-6-14)13-15-7-8-16-9-11-17-12-10-16/h15H,2-13H2,1H3. The summed E-state index contributed by atoms with van der Waals surface area (Å²) >= 11 is 0. The minimum Gasteiger partial charge on any atom is -0.379 e. The molecule has 2 aliphatic rings. The summed E-state index contributed by atoms with van der Waals surface area (Å²) in [6.45, 7) is 9.96. The summed E-state index contributed by atoms with van der Waals surface area (Å²) in [6, 6.07) is 0. The Labute approximate surface area is 106 Å². The highest BCUT2D eigenvalue weighted by atomic mass is 16.5. The summed E-state index contributed by atoms with van der Waals surface area (Å²) in [5.74, 6) is 0. The quantitative estimate of drug-likeness (QED) is 0.717. The molecule has 1 N–H and O–H groups in total. The maximum atomic E-state index is 5.36. The molecule has 3 nitrogen and oxygen atoms in total. The van der Waals surface area contributed by atoms with Crippen LogP contribution in [0.3, 0.4) is 0 Å². The van der Waals surface area contributed by atoms with Crippen LogP contribution in [0.4, 0.5) is 0 Å². The summed E-state index contributed by atoms with van der Waals surface area (Å²) in [5, 5.41) is 3.68. The van der Waals surface area contributed by atoms with Crippen LogP contribution in [0.5, 0.6) is 0 Å². The van der Waals surface area contributed by atoms with Crippen LogP contribution in [0.25, 0.3) is 0 Å². The molecule has 0 bridgehead atoms. The van der Waals surface area contributed by atoms with E-state index in [2.05, 4.69) is 17.1 Å².